The third-order valence-electron chi connectivity index (χ3n) is 11.1. The number of carbonyl (C=O) groups is 2. The van der Waals surface area contributed by atoms with Crippen LogP contribution in [0.1, 0.15) is 76.7 Å². The van der Waals surface area contributed by atoms with Gasteiger partial charge >= 0.3 is 0 Å². The number of nitrogens with zero attached hydrogens (tertiary/aromatic N) is 5. The van der Waals surface area contributed by atoms with E-state index in [0.29, 0.717) is 41.2 Å². The highest BCUT2D eigenvalue weighted by Gasteiger charge is 2.56. The van der Waals surface area contributed by atoms with Gasteiger partial charge in [0.05, 0.1) is 46.4 Å². The van der Waals surface area contributed by atoms with Crippen LogP contribution >= 0.6 is 11.6 Å². The van der Waals surface area contributed by atoms with Crippen LogP contribution in [-0.2, 0) is 34.6 Å². The lowest BCUT2D eigenvalue weighted by atomic mass is 9.93. The van der Waals surface area contributed by atoms with Crippen LogP contribution in [-0.4, -0.2) is 62.0 Å². The normalized spacial score (nSPS) is 19.3. The van der Waals surface area contributed by atoms with Crippen molar-refractivity contribution in [3.05, 3.63) is 106 Å². The Morgan fingerprint density at radius 2 is 1.92 bits per heavy atom. The maximum Gasteiger partial charge on any atom is 0.255 e. The molecule has 11 nitrogen and oxygen atoms in total. The molecule has 0 unspecified atom stereocenters. The zero-order valence-electron chi connectivity index (χ0n) is 29.0. The fourth-order valence-corrected chi connectivity index (χ4v) is 7.94. The Labute approximate surface area is 306 Å². The molecule has 2 N–H and O–H groups in total. The predicted molar refractivity (Wildman–Crippen MR) is 198 cm³/mol. The summed E-state index contributed by atoms with van der Waals surface area (Å²) in [6.07, 6.45) is 6.48. The maximum atomic E-state index is 13.6. The van der Waals surface area contributed by atoms with Crippen molar-refractivity contribution in [2.45, 2.75) is 76.2 Å². The van der Waals surface area contributed by atoms with Crippen molar-refractivity contribution in [2.24, 2.45) is 0 Å². The molecule has 2 saturated heterocycles. The third-order valence-corrected chi connectivity index (χ3v) is 11.3. The molecule has 3 aliphatic heterocycles. The van der Waals surface area contributed by atoms with E-state index in [1.807, 2.05) is 55.5 Å². The largest absolute Gasteiger partial charge is 0.471 e. The number of carbonyl (C=O) groups excluding carboxylic acids is 2. The first-order valence-electron chi connectivity index (χ1n) is 18.1. The topological polar surface area (TPSA) is 124 Å². The van der Waals surface area contributed by atoms with Gasteiger partial charge in [-0.25, -0.2) is 9.97 Å². The number of amides is 2. The van der Waals surface area contributed by atoms with E-state index < -0.39 is 5.41 Å². The van der Waals surface area contributed by atoms with Crippen molar-refractivity contribution in [1.29, 1.82) is 0 Å². The average molecular weight is 718 g/mol. The molecule has 0 bridgehead atoms. The van der Waals surface area contributed by atoms with Gasteiger partial charge in [0.2, 0.25) is 11.8 Å². The summed E-state index contributed by atoms with van der Waals surface area (Å²) < 4.78 is 14.1. The highest BCUT2D eigenvalue weighted by atomic mass is 35.5. The fraction of sp³-hybridized carbons (Fsp3) is 0.375. The van der Waals surface area contributed by atoms with Crippen LogP contribution in [0.25, 0.3) is 11.0 Å². The SMILES string of the molecule is Cc1cc(NC(=O)c2ccc3c(c2)nc(CN2CCC(c4cccc(OCc5ccc(Cl)cn5)n4)CC2)n3C[C@@H]2CCO2)cc2c1NC(=O)C21CC1. The molecule has 9 rings (SSSR count). The zero-order valence-corrected chi connectivity index (χ0v) is 29.8. The maximum absolute atomic E-state index is 13.6. The first kappa shape index (κ1) is 33.0. The summed E-state index contributed by atoms with van der Waals surface area (Å²) in [6, 6.07) is 19.3. The molecule has 2 aromatic carbocycles. The molecule has 1 saturated carbocycles. The van der Waals surface area contributed by atoms with Gasteiger partial charge in [-0.05, 0) is 112 Å². The van der Waals surface area contributed by atoms with Gasteiger partial charge in [-0.15, -0.1) is 0 Å². The quantitative estimate of drug-likeness (QED) is 0.162. The monoisotopic (exact) mass is 717 g/mol. The van der Waals surface area contributed by atoms with E-state index in [2.05, 4.69) is 31.2 Å². The lowest BCUT2D eigenvalue weighted by Gasteiger charge is -2.32. The van der Waals surface area contributed by atoms with Crippen LogP contribution in [0, 0.1) is 6.92 Å². The second kappa shape index (κ2) is 13.3. The third kappa shape index (κ3) is 6.31. The van der Waals surface area contributed by atoms with E-state index in [-0.39, 0.29) is 17.9 Å². The first-order valence-corrected chi connectivity index (χ1v) is 18.5. The number of aromatic nitrogens is 4. The van der Waals surface area contributed by atoms with E-state index in [0.717, 1.165) is 103 Å². The number of rotatable bonds is 10. The molecular formula is C40H40ClN7O4. The molecule has 5 aromatic rings. The Morgan fingerprint density at radius 3 is 2.67 bits per heavy atom. The molecular weight excluding hydrogens is 678 g/mol. The molecule has 0 radical (unpaired) electrons. The number of nitrogens with one attached hydrogen (secondary N) is 2. The number of piperidine rings is 1. The van der Waals surface area contributed by atoms with Crippen LogP contribution in [0.5, 0.6) is 5.88 Å². The molecule has 266 valence electrons. The number of hydrogen-bond acceptors (Lipinski definition) is 8. The van der Waals surface area contributed by atoms with E-state index in [1.165, 1.54) is 0 Å². The van der Waals surface area contributed by atoms with E-state index in [9.17, 15) is 9.59 Å². The number of likely N-dealkylation sites (tertiary alicyclic amines) is 1. The number of hydrogen-bond donors (Lipinski definition) is 2. The lowest BCUT2D eigenvalue weighted by molar-refractivity contribution is -0.117. The van der Waals surface area contributed by atoms with Gasteiger partial charge < -0.3 is 24.7 Å². The Kier molecular flexibility index (Phi) is 8.44. The van der Waals surface area contributed by atoms with Gasteiger partial charge in [0, 0.05) is 47.4 Å². The van der Waals surface area contributed by atoms with Gasteiger partial charge in [0.1, 0.15) is 12.4 Å². The van der Waals surface area contributed by atoms with Crippen molar-refractivity contribution >= 4 is 45.8 Å². The summed E-state index contributed by atoms with van der Waals surface area (Å²) in [5.74, 6) is 1.79. The van der Waals surface area contributed by atoms with Gasteiger partial charge in [-0.2, -0.15) is 0 Å². The lowest BCUT2D eigenvalue weighted by Crippen LogP contribution is -2.35. The van der Waals surface area contributed by atoms with Gasteiger partial charge in [-0.1, -0.05) is 17.7 Å². The van der Waals surface area contributed by atoms with Crippen molar-refractivity contribution in [3.8, 4) is 5.88 Å². The molecule has 1 atom stereocenters. The molecule has 1 aliphatic carbocycles. The molecule has 3 fully saturated rings. The summed E-state index contributed by atoms with van der Waals surface area (Å²) in [5.41, 5.74) is 7.30. The van der Waals surface area contributed by atoms with Gasteiger partial charge in [0.25, 0.3) is 5.91 Å². The highest BCUT2D eigenvalue weighted by molar-refractivity contribution is 6.30. The average Bonchev–Trinajstić information content (AvgIpc) is 3.81. The highest BCUT2D eigenvalue weighted by Crippen LogP contribution is 2.56. The smallest absolute Gasteiger partial charge is 0.255 e. The summed E-state index contributed by atoms with van der Waals surface area (Å²) in [6.45, 7) is 6.38. The zero-order chi connectivity index (χ0) is 35.4. The summed E-state index contributed by atoms with van der Waals surface area (Å²) in [5, 5.41) is 6.73. The van der Waals surface area contributed by atoms with Crippen molar-refractivity contribution in [1.82, 2.24) is 24.4 Å². The standard InChI is InChI=1S/C40H40ClN7O4/c1-24-17-29(19-31-37(24)46-39(50)40(31)12-13-40)43-38(49)26-5-8-34-33(18-26)44-35(48(34)21-30-11-16-51-30)22-47-14-9-25(10-15-47)32-3-2-4-36(45-32)52-23-28-7-6-27(41)20-42-28/h2-8,17-20,25,30H,9-16,21-23H2,1H3,(H,43,49)(H,46,50)/t30-/m0/s1. The number of benzene rings is 2. The minimum Gasteiger partial charge on any atom is -0.471 e. The van der Waals surface area contributed by atoms with Crippen LogP contribution in [0.4, 0.5) is 11.4 Å². The number of imidazole rings is 1. The molecule has 2 amide bonds. The van der Waals surface area contributed by atoms with Crippen LogP contribution in [0.15, 0.2) is 66.9 Å². The summed E-state index contributed by atoms with van der Waals surface area (Å²) in [4.78, 5) is 42.9. The molecule has 1 spiro atoms. The van der Waals surface area contributed by atoms with Crippen LogP contribution in [0.3, 0.4) is 0 Å². The minimum atomic E-state index is -0.420. The van der Waals surface area contributed by atoms with E-state index in [4.69, 9.17) is 31.0 Å². The van der Waals surface area contributed by atoms with E-state index >= 15 is 0 Å². The molecule has 12 heteroatoms. The number of halogens is 1. The Bertz CT molecular complexity index is 2190. The first-order chi connectivity index (χ1) is 25.3. The molecule has 6 heterocycles. The second-order valence-electron chi connectivity index (χ2n) is 14.5. The van der Waals surface area contributed by atoms with Crippen molar-refractivity contribution in [2.75, 3.05) is 30.3 Å². The number of ether oxygens (including phenoxy) is 2. The van der Waals surface area contributed by atoms with Gasteiger partial charge in [-0.3, -0.25) is 19.5 Å². The predicted octanol–water partition coefficient (Wildman–Crippen LogP) is 6.77. The molecule has 52 heavy (non-hydrogen) atoms. The van der Waals surface area contributed by atoms with E-state index in [1.54, 1.807) is 12.3 Å². The van der Waals surface area contributed by atoms with Crippen molar-refractivity contribution < 1.29 is 19.1 Å². The molecule has 3 aromatic heterocycles. The number of pyridine rings is 2. The minimum absolute atomic E-state index is 0.0691. The van der Waals surface area contributed by atoms with Crippen molar-refractivity contribution in [3.63, 3.8) is 0 Å². The number of fused-ring (bicyclic) bond motifs is 3. The fourth-order valence-electron chi connectivity index (χ4n) is 7.83. The van der Waals surface area contributed by atoms with Crippen LogP contribution in [0.2, 0.25) is 5.02 Å². The Morgan fingerprint density at radius 1 is 1.08 bits per heavy atom. The molecule has 4 aliphatic rings. The second-order valence-corrected chi connectivity index (χ2v) is 15.0. The Balaban J connectivity index is 0.879. The van der Waals surface area contributed by atoms with Crippen LogP contribution < -0.4 is 15.4 Å². The summed E-state index contributed by atoms with van der Waals surface area (Å²) in [7, 11) is 0. The Hall–Kier alpha value is -4.84. The summed E-state index contributed by atoms with van der Waals surface area (Å²) >= 11 is 5.96. The number of aryl methyl sites for hydroxylation is 1. The van der Waals surface area contributed by atoms with Gasteiger partial charge in [0.15, 0.2) is 0 Å². The number of anilines is 2.